The van der Waals surface area contributed by atoms with Crippen molar-refractivity contribution in [2.24, 2.45) is 0 Å². The SMILES string of the molecule is Cc1csc(N2CCCN(CC(=O)Nc3ccccc3C(=O)Nc3ccccc3)CC2)n1. The van der Waals surface area contributed by atoms with Crippen LogP contribution in [-0.2, 0) is 4.79 Å². The molecule has 0 atom stereocenters. The molecule has 1 fully saturated rings. The van der Waals surface area contributed by atoms with E-state index in [4.69, 9.17) is 0 Å². The summed E-state index contributed by atoms with van der Waals surface area (Å²) in [4.78, 5) is 34.5. The Hall–Kier alpha value is -3.23. The minimum absolute atomic E-state index is 0.122. The lowest BCUT2D eigenvalue weighted by atomic mass is 10.1. The Morgan fingerprint density at radius 2 is 1.75 bits per heavy atom. The Kier molecular flexibility index (Phi) is 7.14. The summed E-state index contributed by atoms with van der Waals surface area (Å²) in [5, 5.41) is 8.91. The molecule has 1 aromatic heterocycles. The van der Waals surface area contributed by atoms with E-state index in [0.717, 1.165) is 43.4 Å². The molecule has 0 radical (unpaired) electrons. The molecule has 1 aliphatic heterocycles. The van der Waals surface area contributed by atoms with Crippen LogP contribution in [0.2, 0.25) is 0 Å². The number of aromatic nitrogens is 1. The van der Waals surface area contributed by atoms with Crippen LogP contribution in [0.1, 0.15) is 22.5 Å². The van der Waals surface area contributed by atoms with Crippen molar-refractivity contribution in [3.8, 4) is 0 Å². The van der Waals surface area contributed by atoms with E-state index in [1.54, 1.807) is 29.5 Å². The minimum atomic E-state index is -0.253. The van der Waals surface area contributed by atoms with Crippen LogP contribution in [0, 0.1) is 6.92 Å². The van der Waals surface area contributed by atoms with E-state index < -0.39 is 0 Å². The molecule has 0 spiro atoms. The number of para-hydroxylation sites is 2. The number of thiazole rings is 1. The molecule has 32 heavy (non-hydrogen) atoms. The highest BCUT2D eigenvalue weighted by atomic mass is 32.1. The summed E-state index contributed by atoms with van der Waals surface area (Å²) in [7, 11) is 0. The van der Waals surface area contributed by atoms with E-state index in [9.17, 15) is 9.59 Å². The molecule has 0 unspecified atom stereocenters. The molecule has 166 valence electrons. The van der Waals surface area contributed by atoms with Crippen LogP contribution < -0.4 is 15.5 Å². The molecule has 0 saturated carbocycles. The number of rotatable bonds is 6. The van der Waals surface area contributed by atoms with Crippen LogP contribution in [0.4, 0.5) is 16.5 Å². The molecule has 1 saturated heterocycles. The summed E-state index contributed by atoms with van der Waals surface area (Å²) in [6.45, 7) is 5.72. The number of hydrogen-bond acceptors (Lipinski definition) is 6. The van der Waals surface area contributed by atoms with Gasteiger partial charge in [-0.25, -0.2) is 4.98 Å². The van der Waals surface area contributed by atoms with Crippen molar-refractivity contribution in [2.45, 2.75) is 13.3 Å². The molecule has 3 aromatic rings. The number of carbonyl (C=O) groups excluding carboxylic acids is 2. The molecule has 7 nitrogen and oxygen atoms in total. The first kappa shape index (κ1) is 22.0. The fourth-order valence-electron chi connectivity index (χ4n) is 3.71. The predicted octanol–water partition coefficient (Wildman–Crippen LogP) is 3.85. The van der Waals surface area contributed by atoms with Gasteiger partial charge in [0.25, 0.3) is 5.91 Å². The van der Waals surface area contributed by atoms with Gasteiger partial charge in [-0.05, 0) is 37.6 Å². The van der Waals surface area contributed by atoms with Crippen molar-refractivity contribution in [3.05, 3.63) is 71.2 Å². The average molecular weight is 450 g/mol. The number of aryl methyl sites for hydroxylation is 1. The van der Waals surface area contributed by atoms with Gasteiger partial charge in [0.1, 0.15) is 0 Å². The van der Waals surface area contributed by atoms with Crippen LogP contribution in [0.5, 0.6) is 0 Å². The summed E-state index contributed by atoms with van der Waals surface area (Å²) in [5.74, 6) is -0.375. The molecule has 2 amide bonds. The molecular weight excluding hydrogens is 422 g/mol. The van der Waals surface area contributed by atoms with Crippen LogP contribution in [0.25, 0.3) is 0 Å². The normalized spacial score (nSPS) is 14.6. The highest BCUT2D eigenvalue weighted by Crippen LogP contribution is 2.22. The van der Waals surface area contributed by atoms with Crippen molar-refractivity contribution >= 4 is 39.7 Å². The van der Waals surface area contributed by atoms with Gasteiger partial charge >= 0.3 is 0 Å². The number of benzene rings is 2. The first-order valence-corrected chi connectivity index (χ1v) is 11.6. The number of nitrogens with one attached hydrogen (secondary N) is 2. The number of nitrogens with zero attached hydrogens (tertiary/aromatic N) is 3. The maximum atomic E-state index is 12.8. The largest absolute Gasteiger partial charge is 0.347 e. The summed E-state index contributed by atoms with van der Waals surface area (Å²) >= 11 is 1.67. The minimum Gasteiger partial charge on any atom is -0.347 e. The van der Waals surface area contributed by atoms with Crippen LogP contribution in [0.15, 0.2) is 60.0 Å². The number of amides is 2. The summed E-state index contributed by atoms with van der Waals surface area (Å²) in [6.07, 6.45) is 0.974. The highest BCUT2D eigenvalue weighted by Gasteiger charge is 2.20. The molecule has 0 bridgehead atoms. The van der Waals surface area contributed by atoms with Gasteiger partial charge in [0, 0.05) is 37.2 Å². The monoisotopic (exact) mass is 449 g/mol. The second kappa shape index (κ2) is 10.4. The van der Waals surface area contributed by atoms with E-state index in [1.807, 2.05) is 43.3 Å². The van der Waals surface area contributed by atoms with Gasteiger partial charge in [0.15, 0.2) is 5.13 Å². The van der Waals surface area contributed by atoms with Gasteiger partial charge < -0.3 is 15.5 Å². The van der Waals surface area contributed by atoms with Crippen LogP contribution in [-0.4, -0.2) is 54.4 Å². The van der Waals surface area contributed by atoms with Crippen LogP contribution >= 0.6 is 11.3 Å². The number of anilines is 3. The lowest BCUT2D eigenvalue weighted by molar-refractivity contribution is -0.117. The lowest BCUT2D eigenvalue weighted by Gasteiger charge is -2.21. The van der Waals surface area contributed by atoms with Gasteiger partial charge in [0.2, 0.25) is 5.91 Å². The zero-order valence-electron chi connectivity index (χ0n) is 18.1. The first-order chi connectivity index (χ1) is 15.6. The Labute approximate surface area is 192 Å². The quantitative estimate of drug-likeness (QED) is 0.598. The maximum Gasteiger partial charge on any atom is 0.257 e. The molecule has 0 aliphatic carbocycles. The van der Waals surface area contributed by atoms with Gasteiger partial charge in [-0.1, -0.05) is 30.3 Å². The van der Waals surface area contributed by atoms with Gasteiger partial charge in [0.05, 0.1) is 23.5 Å². The molecule has 1 aliphatic rings. The van der Waals surface area contributed by atoms with Crippen LogP contribution in [0.3, 0.4) is 0 Å². The van der Waals surface area contributed by atoms with E-state index in [1.165, 1.54) is 0 Å². The van der Waals surface area contributed by atoms with E-state index in [-0.39, 0.29) is 11.8 Å². The summed E-state index contributed by atoms with van der Waals surface area (Å²) < 4.78 is 0. The van der Waals surface area contributed by atoms with Crippen molar-refractivity contribution in [3.63, 3.8) is 0 Å². The second-order valence-corrected chi connectivity index (χ2v) is 8.64. The van der Waals surface area contributed by atoms with Crippen molar-refractivity contribution in [1.82, 2.24) is 9.88 Å². The van der Waals surface area contributed by atoms with Gasteiger partial charge in [-0.3, -0.25) is 14.5 Å². The highest BCUT2D eigenvalue weighted by molar-refractivity contribution is 7.13. The summed E-state index contributed by atoms with van der Waals surface area (Å²) in [5.41, 5.74) is 2.70. The smallest absolute Gasteiger partial charge is 0.257 e. The third-order valence-electron chi connectivity index (χ3n) is 5.31. The van der Waals surface area contributed by atoms with Gasteiger partial charge in [-0.2, -0.15) is 0 Å². The molecule has 8 heteroatoms. The average Bonchev–Trinajstić information content (AvgIpc) is 3.09. The molecule has 4 rings (SSSR count). The van der Waals surface area contributed by atoms with Crippen molar-refractivity contribution in [2.75, 3.05) is 48.3 Å². The number of carbonyl (C=O) groups is 2. The standard InChI is InChI=1S/C24H27N5O2S/c1-18-17-32-24(25-18)29-13-7-12-28(14-15-29)16-22(30)27-21-11-6-5-10-20(21)23(31)26-19-8-3-2-4-9-19/h2-6,8-11,17H,7,12-16H2,1H3,(H,26,31)(H,27,30). The second-order valence-electron chi connectivity index (χ2n) is 7.80. The Morgan fingerprint density at radius 3 is 2.53 bits per heavy atom. The third kappa shape index (κ3) is 5.72. The van der Waals surface area contributed by atoms with E-state index in [2.05, 4.69) is 30.8 Å². The zero-order valence-corrected chi connectivity index (χ0v) is 18.9. The van der Waals surface area contributed by atoms with Crippen molar-refractivity contribution in [1.29, 1.82) is 0 Å². The topological polar surface area (TPSA) is 77.6 Å². The fourth-order valence-corrected chi connectivity index (χ4v) is 4.57. The maximum absolute atomic E-state index is 12.8. The Morgan fingerprint density at radius 1 is 0.969 bits per heavy atom. The Bertz CT molecular complexity index is 1070. The fraction of sp³-hybridized carbons (Fsp3) is 0.292. The predicted molar refractivity (Wildman–Crippen MR) is 130 cm³/mol. The Balaban J connectivity index is 1.34. The molecule has 2 aromatic carbocycles. The first-order valence-electron chi connectivity index (χ1n) is 10.7. The summed E-state index contributed by atoms with van der Waals surface area (Å²) in [6, 6.07) is 16.4. The molecular formula is C24H27N5O2S. The van der Waals surface area contributed by atoms with Gasteiger partial charge in [-0.15, -0.1) is 11.3 Å². The third-order valence-corrected chi connectivity index (χ3v) is 6.33. The molecule has 2 heterocycles. The molecule has 2 N–H and O–H groups in total. The lowest BCUT2D eigenvalue weighted by Crippen LogP contribution is -2.36. The van der Waals surface area contributed by atoms with Crippen molar-refractivity contribution < 1.29 is 9.59 Å². The van der Waals surface area contributed by atoms with E-state index >= 15 is 0 Å². The zero-order chi connectivity index (χ0) is 22.3. The van der Waals surface area contributed by atoms with E-state index in [0.29, 0.717) is 23.5 Å². The number of hydrogen-bond donors (Lipinski definition) is 2.